The van der Waals surface area contributed by atoms with E-state index >= 15 is 0 Å². The van der Waals surface area contributed by atoms with Gasteiger partial charge in [0.15, 0.2) is 0 Å². The third kappa shape index (κ3) is 3.55. The number of hydrogen-bond donors (Lipinski definition) is 1. The molecule has 0 bridgehead atoms. The maximum atomic E-state index is 13.7. The molecule has 0 unspecified atom stereocenters. The van der Waals surface area contributed by atoms with Gasteiger partial charge in [-0.3, -0.25) is 14.2 Å². The molecule has 6 heteroatoms. The minimum atomic E-state index is -0.455. The van der Waals surface area contributed by atoms with E-state index in [1.165, 1.54) is 23.0 Å². The van der Waals surface area contributed by atoms with Crippen LogP contribution in [-0.2, 0) is 11.3 Å². The van der Waals surface area contributed by atoms with Gasteiger partial charge in [0.1, 0.15) is 12.4 Å². The number of rotatable bonds is 4. The number of carbonyl (C=O) groups excluding carboxylic acids is 1. The molecule has 3 aromatic rings. The second-order valence-electron chi connectivity index (χ2n) is 5.13. The number of hydrogen-bond acceptors (Lipinski definition) is 3. The number of benzene rings is 2. The van der Waals surface area contributed by atoms with Gasteiger partial charge in [-0.15, -0.1) is 0 Å². The van der Waals surface area contributed by atoms with Crippen LogP contribution in [0.1, 0.15) is 0 Å². The van der Waals surface area contributed by atoms with Crippen molar-refractivity contribution in [2.24, 2.45) is 0 Å². The zero-order valence-corrected chi connectivity index (χ0v) is 12.6. The van der Waals surface area contributed by atoms with Crippen LogP contribution in [0.4, 0.5) is 10.1 Å². The summed E-state index contributed by atoms with van der Waals surface area (Å²) in [5, 5.41) is 2.69. The maximum Gasteiger partial charge on any atom is 0.254 e. The van der Waals surface area contributed by atoms with E-state index in [0.29, 0.717) is 5.69 Å². The molecule has 5 nitrogen and oxygen atoms in total. The zero-order valence-electron chi connectivity index (χ0n) is 12.6. The molecule has 0 radical (unpaired) electrons. The van der Waals surface area contributed by atoms with Gasteiger partial charge < -0.3 is 5.32 Å². The topological polar surface area (TPSA) is 64.0 Å². The zero-order chi connectivity index (χ0) is 16.9. The lowest BCUT2D eigenvalue weighted by Crippen LogP contribution is -2.27. The Kier molecular flexibility index (Phi) is 4.47. The van der Waals surface area contributed by atoms with Gasteiger partial charge in [-0.1, -0.05) is 30.3 Å². The Morgan fingerprint density at radius 2 is 1.79 bits per heavy atom. The fourth-order valence-corrected chi connectivity index (χ4v) is 2.24. The molecule has 0 aliphatic heterocycles. The highest BCUT2D eigenvalue weighted by molar-refractivity contribution is 5.90. The second-order valence-corrected chi connectivity index (χ2v) is 5.13. The van der Waals surface area contributed by atoms with Crippen LogP contribution < -0.4 is 10.9 Å². The van der Waals surface area contributed by atoms with Crippen LogP contribution >= 0.6 is 0 Å². The Hall–Kier alpha value is -3.28. The fraction of sp³-hybridized carbons (Fsp3) is 0.0556. The average Bonchev–Trinajstić information content (AvgIpc) is 2.58. The van der Waals surface area contributed by atoms with Crippen LogP contribution in [0.15, 0.2) is 71.8 Å². The van der Waals surface area contributed by atoms with E-state index in [2.05, 4.69) is 10.3 Å². The molecule has 0 aliphatic rings. The summed E-state index contributed by atoms with van der Waals surface area (Å²) in [6.07, 6.45) is 1.24. The third-order valence-corrected chi connectivity index (χ3v) is 3.40. The minimum absolute atomic E-state index is 0.168. The normalized spacial score (nSPS) is 10.4. The molecule has 0 aliphatic carbocycles. The van der Waals surface area contributed by atoms with Crippen molar-refractivity contribution in [3.63, 3.8) is 0 Å². The van der Waals surface area contributed by atoms with E-state index < -0.39 is 11.4 Å². The lowest BCUT2D eigenvalue weighted by molar-refractivity contribution is -0.116. The molecular weight excluding hydrogens is 309 g/mol. The van der Waals surface area contributed by atoms with E-state index in [0.717, 1.165) is 0 Å². The van der Waals surface area contributed by atoms with E-state index in [1.807, 2.05) is 6.07 Å². The number of carbonyl (C=O) groups is 1. The molecule has 0 saturated heterocycles. The van der Waals surface area contributed by atoms with Crippen LogP contribution in [0.3, 0.4) is 0 Å². The second kappa shape index (κ2) is 6.87. The van der Waals surface area contributed by atoms with Gasteiger partial charge in [-0.2, -0.15) is 0 Å². The van der Waals surface area contributed by atoms with Crippen molar-refractivity contribution in [3.8, 4) is 11.3 Å². The van der Waals surface area contributed by atoms with E-state index in [9.17, 15) is 14.0 Å². The van der Waals surface area contributed by atoms with Crippen molar-refractivity contribution in [2.75, 3.05) is 5.32 Å². The molecular formula is C18H14FN3O2. The number of para-hydroxylation sites is 1. The predicted octanol–water partition coefficient (Wildman–Crippen LogP) is 2.69. The molecule has 1 N–H and O–H groups in total. The third-order valence-electron chi connectivity index (χ3n) is 3.40. The lowest BCUT2D eigenvalue weighted by Gasteiger charge is -2.08. The van der Waals surface area contributed by atoms with Gasteiger partial charge in [-0.05, 0) is 24.3 Å². The van der Waals surface area contributed by atoms with Gasteiger partial charge in [0.05, 0.1) is 12.0 Å². The Bertz CT molecular complexity index is 923. The first-order chi connectivity index (χ1) is 11.6. The number of halogens is 1. The monoisotopic (exact) mass is 323 g/mol. The molecule has 0 saturated carbocycles. The summed E-state index contributed by atoms with van der Waals surface area (Å²) in [6.45, 7) is -0.168. The quantitative estimate of drug-likeness (QED) is 0.803. The summed E-state index contributed by atoms with van der Waals surface area (Å²) in [5.74, 6) is -0.798. The first kappa shape index (κ1) is 15.6. The first-order valence-electron chi connectivity index (χ1n) is 7.30. The molecule has 1 amide bonds. The summed E-state index contributed by atoms with van der Waals surface area (Å²) in [7, 11) is 0. The van der Waals surface area contributed by atoms with Crippen molar-refractivity contribution in [1.82, 2.24) is 9.55 Å². The van der Waals surface area contributed by atoms with Gasteiger partial charge in [-0.25, -0.2) is 9.37 Å². The molecule has 120 valence electrons. The van der Waals surface area contributed by atoms with Crippen LogP contribution in [0.25, 0.3) is 11.3 Å². The molecule has 24 heavy (non-hydrogen) atoms. The Morgan fingerprint density at radius 1 is 1.08 bits per heavy atom. The van der Waals surface area contributed by atoms with Crippen molar-refractivity contribution < 1.29 is 9.18 Å². The minimum Gasteiger partial charge on any atom is -0.325 e. The van der Waals surface area contributed by atoms with Crippen LogP contribution in [0.5, 0.6) is 0 Å². The maximum absolute atomic E-state index is 13.7. The summed E-state index contributed by atoms with van der Waals surface area (Å²) >= 11 is 0. The summed E-state index contributed by atoms with van der Waals surface area (Å²) < 4.78 is 14.9. The van der Waals surface area contributed by atoms with Gasteiger partial charge in [0.25, 0.3) is 5.56 Å². The number of aromatic nitrogens is 2. The number of nitrogens with zero attached hydrogens (tertiary/aromatic N) is 2. The predicted molar refractivity (Wildman–Crippen MR) is 89.0 cm³/mol. The summed E-state index contributed by atoms with van der Waals surface area (Å²) in [6, 6.07) is 16.2. The molecule has 0 spiro atoms. The van der Waals surface area contributed by atoms with Crippen molar-refractivity contribution in [3.05, 3.63) is 83.2 Å². The number of amides is 1. The van der Waals surface area contributed by atoms with Crippen LogP contribution in [0, 0.1) is 5.82 Å². The highest BCUT2D eigenvalue weighted by Gasteiger charge is 2.09. The SMILES string of the molecule is O=C(Cn1cnc(-c2ccccc2F)cc1=O)Nc1ccccc1. The van der Waals surface area contributed by atoms with Crippen molar-refractivity contribution in [2.45, 2.75) is 6.54 Å². The highest BCUT2D eigenvalue weighted by Crippen LogP contribution is 2.18. The Balaban J connectivity index is 1.77. The van der Waals surface area contributed by atoms with Crippen molar-refractivity contribution in [1.29, 1.82) is 0 Å². The van der Waals surface area contributed by atoms with E-state index in [1.54, 1.807) is 42.5 Å². The summed E-state index contributed by atoms with van der Waals surface area (Å²) in [4.78, 5) is 28.2. The Labute approximate surface area is 137 Å². The van der Waals surface area contributed by atoms with Crippen molar-refractivity contribution >= 4 is 11.6 Å². The molecule has 1 aromatic heterocycles. The molecule has 0 atom stereocenters. The molecule has 2 aromatic carbocycles. The van der Waals surface area contributed by atoms with Crippen LogP contribution in [-0.4, -0.2) is 15.5 Å². The fourth-order valence-electron chi connectivity index (χ4n) is 2.24. The standard InChI is InChI=1S/C18H14FN3O2/c19-15-9-5-4-8-14(15)16-10-18(24)22(12-20-16)11-17(23)21-13-6-2-1-3-7-13/h1-10,12H,11H2,(H,21,23). The van der Waals surface area contributed by atoms with Gasteiger partial charge in [0, 0.05) is 17.3 Å². The lowest BCUT2D eigenvalue weighted by atomic mass is 10.1. The van der Waals surface area contributed by atoms with Crippen LogP contribution in [0.2, 0.25) is 0 Å². The molecule has 1 heterocycles. The Morgan fingerprint density at radius 3 is 2.50 bits per heavy atom. The number of anilines is 1. The largest absolute Gasteiger partial charge is 0.325 e. The molecule has 0 fully saturated rings. The highest BCUT2D eigenvalue weighted by atomic mass is 19.1. The average molecular weight is 323 g/mol. The van der Waals surface area contributed by atoms with Gasteiger partial charge in [0.2, 0.25) is 5.91 Å². The first-order valence-corrected chi connectivity index (χ1v) is 7.30. The van der Waals surface area contributed by atoms with E-state index in [-0.39, 0.29) is 23.7 Å². The van der Waals surface area contributed by atoms with Gasteiger partial charge >= 0.3 is 0 Å². The summed E-state index contributed by atoms with van der Waals surface area (Å²) in [5.41, 5.74) is 0.700. The van der Waals surface area contributed by atoms with E-state index in [4.69, 9.17) is 0 Å². The number of nitrogens with one attached hydrogen (secondary N) is 1. The smallest absolute Gasteiger partial charge is 0.254 e. The molecule has 3 rings (SSSR count).